The molecule has 7 nitrogen and oxygen atoms in total. The van der Waals surface area contributed by atoms with Gasteiger partial charge in [-0.1, -0.05) is 39.0 Å². The molecule has 0 atom stereocenters. The molecule has 0 spiro atoms. The quantitative estimate of drug-likeness (QED) is 0.286. The third-order valence-electron chi connectivity index (χ3n) is 4.76. The van der Waals surface area contributed by atoms with Gasteiger partial charge in [0.25, 0.3) is 5.91 Å². The summed E-state index contributed by atoms with van der Waals surface area (Å²) in [7, 11) is 0. The first-order valence-corrected chi connectivity index (χ1v) is 10.8. The minimum atomic E-state index is -0.347. The summed E-state index contributed by atoms with van der Waals surface area (Å²) in [6.45, 7) is 3.03. The van der Waals surface area contributed by atoms with Crippen molar-refractivity contribution in [3.05, 3.63) is 48.0 Å². The van der Waals surface area contributed by atoms with Crippen molar-refractivity contribution >= 4 is 12.1 Å². The maximum absolute atomic E-state index is 11.9. The number of rotatable bonds is 13. The normalized spacial score (nSPS) is 12.2. The van der Waals surface area contributed by atoms with Crippen molar-refractivity contribution in [1.82, 2.24) is 5.43 Å². The molecule has 2 aromatic carbocycles. The molecule has 166 valence electrons. The van der Waals surface area contributed by atoms with Gasteiger partial charge >= 0.3 is 0 Å². The minimum absolute atomic E-state index is 0.129. The summed E-state index contributed by atoms with van der Waals surface area (Å²) < 4.78 is 21.8. The van der Waals surface area contributed by atoms with Gasteiger partial charge in [-0.25, -0.2) is 5.43 Å². The molecule has 7 heteroatoms. The predicted molar refractivity (Wildman–Crippen MR) is 119 cm³/mol. The molecule has 0 saturated heterocycles. The topological polar surface area (TPSA) is 78.4 Å². The van der Waals surface area contributed by atoms with Gasteiger partial charge in [0.15, 0.2) is 18.1 Å². The van der Waals surface area contributed by atoms with E-state index < -0.39 is 0 Å². The van der Waals surface area contributed by atoms with E-state index in [2.05, 4.69) is 17.5 Å². The molecule has 0 aliphatic carbocycles. The van der Waals surface area contributed by atoms with E-state index in [-0.39, 0.29) is 19.3 Å². The summed E-state index contributed by atoms with van der Waals surface area (Å²) in [5.74, 6) is 2.42. The van der Waals surface area contributed by atoms with Crippen LogP contribution in [-0.2, 0) is 4.79 Å². The van der Waals surface area contributed by atoms with Gasteiger partial charge in [-0.2, -0.15) is 5.10 Å². The highest BCUT2D eigenvalue weighted by Crippen LogP contribution is 2.31. The number of nitrogens with zero attached hydrogens (tertiary/aromatic N) is 1. The Kier molecular flexibility index (Phi) is 9.04. The number of amides is 1. The zero-order valence-electron chi connectivity index (χ0n) is 18.0. The molecule has 0 fully saturated rings. The molecule has 0 saturated carbocycles. The van der Waals surface area contributed by atoms with E-state index in [1.165, 1.54) is 38.3 Å². The average Bonchev–Trinajstić information content (AvgIpc) is 3.26. The van der Waals surface area contributed by atoms with Gasteiger partial charge in [-0.3, -0.25) is 4.79 Å². The Morgan fingerprint density at radius 3 is 2.48 bits per heavy atom. The molecule has 3 rings (SSSR count). The van der Waals surface area contributed by atoms with E-state index in [4.69, 9.17) is 18.9 Å². The molecule has 2 aromatic rings. The lowest BCUT2D eigenvalue weighted by atomic mass is 10.1. The first-order valence-electron chi connectivity index (χ1n) is 10.8. The second-order valence-electron chi connectivity index (χ2n) is 7.28. The Balaban J connectivity index is 1.31. The maximum Gasteiger partial charge on any atom is 0.277 e. The third-order valence-corrected chi connectivity index (χ3v) is 4.76. The van der Waals surface area contributed by atoms with Crippen LogP contribution in [0.4, 0.5) is 0 Å². The van der Waals surface area contributed by atoms with Crippen LogP contribution in [0.1, 0.15) is 51.0 Å². The van der Waals surface area contributed by atoms with Gasteiger partial charge in [0, 0.05) is 0 Å². The van der Waals surface area contributed by atoms with Gasteiger partial charge in [0.2, 0.25) is 6.79 Å². The van der Waals surface area contributed by atoms with Crippen LogP contribution in [0.15, 0.2) is 47.6 Å². The van der Waals surface area contributed by atoms with E-state index in [0.29, 0.717) is 17.2 Å². The standard InChI is InChI=1S/C24H30N2O5/c1-2-3-4-5-6-7-14-28-20-9-11-21(12-10-20)29-17-24(27)26-25-16-19-8-13-22-23(15-19)31-18-30-22/h8-13,15-16H,2-7,14,17-18H2,1H3,(H,26,27)/b25-16+. The number of fused-ring (bicyclic) bond motifs is 1. The lowest BCUT2D eigenvalue weighted by Gasteiger charge is -2.08. The second kappa shape index (κ2) is 12.5. The van der Waals surface area contributed by atoms with E-state index in [9.17, 15) is 4.79 Å². The Morgan fingerprint density at radius 1 is 0.968 bits per heavy atom. The third kappa shape index (κ3) is 7.85. The van der Waals surface area contributed by atoms with Crippen LogP contribution < -0.4 is 24.4 Å². The SMILES string of the molecule is CCCCCCCCOc1ccc(OCC(=O)N/N=C/c2ccc3c(c2)OCO3)cc1. The fourth-order valence-corrected chi connectivity index (χ4v) is 3.06. The molecule has 31 heavy (non-hydrogen) atoms. The Labute approximate surface area is 183 Å². The number of hydrogen-bond acceptors (Lipinski definition) is 6. The van der Waals surface area contributed by atoms with Crippen molar-refractivity contribution in [3.8, 4) is 23.0 Å². The molecular formula is C24H30N2O5. The monoisotopic (exact) mass is 426 g/mol. The predicted octanol–water partition coefficient (Wildman–Crippen LogP) is 4.68. The molecule has 1 aliphatic rings. The summed E-state index contributed by atoms with van der Waals surface area (Å²) in [6, 6.07) is 12.7. The van der Waals surface area contributed by atoms with Crippen LogP contribution in [0.3, 0.4) is 0 Å². The molecule has 1 amide bonds. The van der Waals surface area contributed by atoms with Crippen molar-refractivity contribution < 1.29 is 23.7 Å². The molecule has 0 bridgehead atoms. The van der Waals surface area contributed by atoms with E-state index in [1.807, 2.05) is 18.2 Å². The zero-order valence-corrected chi connectivity index (χ0v) is 18.0. The number of hydrazone groups is 1. The highest BCUT2D eigenvalue weighted by molar-refractivity contribution is 5.83. The Hall–Kier alpha value is -3.22. The Bertz CT molecular complexity index is 852. The van der Waals surface area contributed by atoms with Crippen LogP contribution in [0.25, 0.3) is 0 Å². The molecule has 0 aromatic heterocycles. The first-order chi connectivity index (χ1) is 15.2. The summed E-state index contributed by atoms with van der Waals surface area (Å²) >= 11 is 0. The fraction of sp³-hybridized carbons (Fsp3) is 0.417. The summed E-state index contributed by atoms with van der Waals surface area (Å²) in [5, 5.41) is 3.94. The number of nitrogens with one attached hydrogen (secondary N) is 1. The van der Waals surface area contributed by atoms with Gasteiger partial charge < -0.3 is 18.9 Å². The van der Waals surface area contributed by atoms with Crippen molar-refractivity contribution in [3.63, 3.8) is 0 Å². The summed E-state index contributed by atoms with van der Waals surface area (Å²) in [6.07, 6.45) is 8.96. The van der Waals surface area contributed by atoms with Gasteiger partial charge in [0.05, 0.1) is 12.8 Å². The number of hydrogen-bond donors (Lipinski definition) is 1. The highest BCUT2D eigenvalue weighted by Gasteiger charge is 2.12. The van der Waals surface area contributed by atoms with Crippen LogP contribution in [0.2, 0.25) is 0 Å². The van der Waals surface area contributed by atoms with Crippen molar-refractivity contribution in [2.45, 2.75) is 45.4 Å². The molecule has 0 unspecified atom stereocenters. The average molecular weight is 427 g/mol. The van der Waals surface area contributed by atoms with E-state index in [0.717, 1.165) is 24.3 Å². The maximum atomic E-state index is 11.9. The lowest BCUT2D eigenvalue weighted by Crippen LogP contribution is -2.24. The molecule has 1 heterocycles. The smallest absolute Gasteiger partial charge is 0.277 e. The van der Waals surface area contributed by atoms with Gasteiger partial charge in [0.1, 0.15) is 11.5 Å². The number of benzene rings is 2. The second-order valence-corrected chi connectivity index (χ2v) is 7.28. The molecule has 1 N–H and O–H groups in total. The largest absolute Gasteiger partial charge is 0.494 e. The number of carbonyl (C=O) groups excluding carboxylic acids is 1. The number of carbonyl (C=O) groups is 1. The first kappa shape index (κ1) is 22.5. The minimum Gasteiger partial charge on any atom is -0.494 e. The van der Waals surface area contributed by atoms with E-state index >= 15 is 0 Å². The summed E-state index contributed by atoms with van der Waals surface area (Å²) in [5.41, 5.74) is 3.24. The molecule has 1 aliphatic heterocycles. The zero-order chi connectivity index (χ0) is 21.7. The number of unbranched alkanes of at least 4 members (excludes halogenated alkanes) is 5. The Morgan fingerprint density at radius 2 is 1.68 bits per heavy atom. The molecular weight excluding hydrogens is 396 g/mol. The number of ether oxygens (including phenoxy) is 4. The van der Waals surface area contributed by atoms with Crippen LogP contribution in [0.5, 0.6) is 23.0 Å². The summed E-state index contributed by atoms with van der Waals surface area (Å²) in [4.78, 5) is 11.9. The molecule has 0 radical (unpaired) electrons. The highest BCUT2D eigenvalue weighted by atomic mass is 16.7. The lowest BCUT2D eigenvalue weighted by molar-refractivity contribution is -0.123. The van der Waals surface area contributed by atoms with Crippen molar-refractivity contribution in [2.24, 2.45) is 5.10 Å². The van der Waals surface area contributed by atoms with Crippen molar-refractivity contribution in [1.29, 1.82) is 0 Å². The van der Waals surface area contributed by atoms with Crippen LogP contribution in [0, 0.1) is 0 Å². The van der Waals surface area contributed by atoms with Crippen LogP contribution >= 0.6 is 0 Å². The van der Waals surface area contributed by atoms with Gasteiger partial charge in [-0.05, 0) is 54.4 Å². The van der Waals surface area contributed by atoms with Gasteiger partial charge in [-0.15, -0.1) is 0 Å². The van der Waals surface area contributed by atoms with Crippen molar-refractivity contribution in [2.75, 3.05) is 20.0 Å². The van der Waals surface area contributed by atoms with Crippen LogP contribution in [-0.4, -0.2) is 32.1 Å². The fourth-order valence-electron chi connectivity index (χ4n) is 3.06. The van der Waals surface area contributed by atoms with E-state index in [1.54, 1.807) is 24.3 Å².